The van der Waals surface area contributed by atoms with Gasteiger partial charge in [-0.3, -0.25) is 9.10 Å². The van der Waals surface area contributed by atoms with Gasteiger partial charge < -0.3 is 5.32 Å². The lowest BCUT2D eigenvalue weighted by Crippen LogP contribution is -2.41. The number of hydrogen-bond acceptors (Lipinski definition) is 4. The summed E-state index contributed by atoms with van der Waals surface area (Å²) in [6, 6.07) is 17.2. The summed E-state index contributed by atoms with van der Waals surface area (Å²) >= 11 is 1.64. The number of carbonyl (C=O) groups excluding carboxylic acids is 1. The number of carbonyl (C=O) groups is 1. The molecule has 0 aliphatic heterocycles. The molecular formula is C20H26N2O3S2. The van der Waals surface area contributed by atoms with E-state index in [1.54, 1.807) is 23.9 Å². The summed E-state index contributed by atoms with van der Waals surface area (Å²) < 4.78 is 25.8. The minimum atomic E-state index is -3.58. The highest BCUT2D eigenvalue weighted by atomic mass is 32.2. The molecular weight excluding hydrogens is 380 g/mol. The van der Waals surface area contributed by atoms with Gasteiger partial charge in [0.15, 0.2) is 0 Å². The molecule has 0 aliphatic carbocycles. The number of benzene rings is 2. The van der Waals surface area contributed by atoms with Crippen molar-refractivity contribution in [2.45, 2.75) is 24.7 Å². The van der Waals surface area contributed by atoms with Crippen molar-refractivity contribution in [3.63, 3.8) is 0 Å². The van der Waals surface area contributed by atoms with Gasteiger partial charge in [0.1, 0.15) is 6.54 Å². The molecule has 1 amide bonds. The molecule has 2 aromatic rings. The summed E-state index contributed by atoms with van der Waals surface area (Å²) in [6.07, 6.45) is 1.13. The van der Waals surface area contributed by atoms with Gasteiger partial charge in [-0.25, -0.2) is 8.42 Å². The van der Waals surface area contributed by atoms with Crippen molar-refractivity contribution in [3.05, 3.63) is 60.2 Å². The molecule has 0 heterocycles. The molecule has 0 fully saturated rings. The summed E-state index contributed by atoms with van der Waals surface area (Å²) in [5.41, 5.74) is 1.46. The Hall–Kier alpha value is -1.99. The molecule has 27 heavy (non-hydrogen) atoms. The lowest BCUT2D eigenvalue weighted by atomic mass is 10.0. The van der Waals surface area contributed by atoms with Gasteiger partial charge in [-0.1, -0.05) is 50.2 Å². The standard InChI is InChI=1S/C20H26N2O3S2/c1-16(2)18-11-7-8-12-19(18)22(27(3,24)25)15-20(23)21-13-14-26-17-9-5-4-6-10-17/h4-12,16H,13-15H2,1-3H3,(H,21,23). The molecule has 7 heteroatoms. The predicted octanol–water partition coefficient (Wildman–Crippen LogP) is 3.48. The highest BCUT2D eigenvalue weighted by Crippen LogP contribution is 2.28. The average molecular weight is 407 g/mol. The van der Waals surface area contributed by atoms with Crippen LogP contribution < -0.4 is 9.62 Å². The Labute approximate surface area is 166 Å². The summed E-state index contributed by atoms with van der Waals surface area (Å²) in [7, 11) is -3.58. The lowest BCUT2D eigenvalue weighted by molar-refractivity contribution is -0.119. The maximum absolute atomic E-state index is 12.3. The highest BCUT2D eigenvalue weighted by molar-refractivity contribution is 7.99. The SMILES string of the molecule is CC(C)c1ccccc1N(CC(=O)NCCSc1ccccc1)S(C)(=O)=O. The van der Waals surface area contributed by atoms with Crippen LogP contribution in [0.3, 0.4) is 0 Å². The maximum Gasteiger partial charge on any atom is 0.240 e. The number of amides is 1. The minimum Gasteiger partial charge on any atom is -0.354 e. The van der Waals surface area contributed by atoms with Crippen molar-refractivity contribution in [1.82, 2.24) is 5.32 Å². The first-order valence-electron chi connectivity index (χ1n) is 8.80. The predicted molar refractivity (Wildman–Crippen MR) is 113 cm³/mol. The van der Waals surface area contributed by atoms with Crippen LogP contribution >= 0.6 is 11.8 Å². The monoisotopic (exact) mass is 406 g/mol. The minimum absolute atomic E-state index is 0.149. The zero-order chi connectivity index (χ0) is 19.9. The van der Waals surface area contributed by atoms with Crippen LogP contribution in [0.15, 0.2) is 59.5 Å². The molecule has 5 nitrogen and oxygen atoms in total. The number of anilines is 1. The van der Waals surface area contributed by atoms with Crippen molar-refractivity contribution < 1.29 is 13.2 Å². The van der Waals surface area contributed by atoms with Gasteiger partial charge in [0.2, 0.25) is 15.9 Å². The van der Waals surface area contributed by atoms with Gasteiger partial charge in [0, 0.05) is 17.2 Å². The zero-order valence-electron chi connectivity index (χ0n) is 15.9. The number of rotatable bonds is 9. The Bertz CT molecular complexity index is 853. The second-order valence-electron chi connectivity index (χ2n) is 6.49. The molecule has 2 rings (SSSR count). The number of hydrogen-bond donors (Lipinski definition) is 1. The van der Waals surface area contributed by atoms with Crippen molar-refractivity contribution >= 4 is 33.4 Å². The number of thioether (sulfide) groups is 1. The first kappa shape index (κ1) is 21.3. The summed E-state index contributed by atoms with van der Waals surface area (Å²) in [4.78, 5) is 13.5. The summed E-state index contributed by atoms with van der Waals surface area (Å²) in [5.74, 6) is 0.556. The van der Waals surface area contributed by atoms with E-state index < -0.39 is 10.0 Å². The second-order valence-corrected chi connectivity index (χ2v) is 9.57. The Kier molecular flexibility index (Phi) is 7.74. The fraction of sp³-hybridized carbons (Fsp3) is 0.350. The molecule has 0 aromatic heterocycles. The van der Waals surface area contributed by atoms with E-state index in [2.05, 4.69) is 5.32 Å². The van der Waals surface area contributed by atoms with Crippen LogP contribution in [-0.4, -0.2) is 39.4 Å². The Balaban J connectivity index is 1.99. The molecule has 0 aliphatic rings. The lowest BCUT2D eigenvalue weighted by Gasteiger charge is -2.25. The van der Waals surface area contributed by atoms with E-state index in [0.717, 1.165) is 22.5 Å². The van der Waals surface area contributed by atoms with Crippen molar-refractivity contribution in [3.8, 4) is 0 Å². The van der Waals surface area contributed by atoms with E-state index >= 15 is 0 Å². The first-order valence-corrected chi connectivity index (χ1v) is 11.6. The smallest absolute Gasteiger partial charge is 0.240 e. The van der Waals surface area contributed by atoms with Crippen LogP contribution in [0.5, 0.6) is 0 Å². The fourth-order valence-corrected chi connectivity index (χ4v) is 4.31. The average Bonchev–Trinajstić information content (AvgIpc) is 2.63. The summed E-state index contributed by atoms with van der Waals surface area (Å²) in [6.45, 7) is 4.25. The van der Waals surface area contributed by atoms with E-state index in [9.17, 15) is 13.2 Å². The van der Waals surface area contributed by atoms with E-state index in [1.807, 2.05) is 56.3 Å². The molecule has 0 bridgehead atoms. The number of nitrogens with one attached hydrogen (secondary N) is 1. The zero-order valence-corrected chi connectivity index (χ0v) is 17.5. The Morgan fingerprint density at radius 3 is 2.33 bits per heavy atom. The third-order valence-electron chi connectivity index (χ3n) is 3.95. The van der Waals surface area contributed by atoms with Gasteiger partial charge in [-0.15, -0.1) is 11.8 Å². The molecule has 0 spiro atoms. The molecule has 0 atom stereocenters. The summed E-state index contributed by atoms with van der Waals surface area (Å²) in [5, 5.41) is 2.81. The van der Waals surface area contributed by atoms with Crippen LogP contribution in [0.1, 0.15) is 25.3 Å². The maximum atomic E-state index is 12.3. The normalized spacial score (nSPS) is 11.4. The number of sulfonamides is 1. The van der Waals surface area contributed by atoms with Crippen LogP contribution in [0.2, 0.25) is 0 Å². The van der Waals surface area contributed by atoms with Crippen LogP contribution in [0, 0.1) is 0 Å². The molecule has 0 radical (unpaired) electrons. The van der Waals surface area contributed by atoms with Crippen molar-refractivity contribution in [2.24, 2.45) is 0 Å². The van der Waals surface area contributed by atoms with Gasteiger partial charge in [0.05, 0.1) is 11.9 Å². The van der Waals surface area contributed by atoms with Crippen LogP contribution in [0.25, 0.3) is 0 Å². The third-order valence-corrected chi connectivity index (χ3v) is 6.09. The van der Waals surface area contributed by atoms with Gasteiger partial charge in [0.25, 0.3) is 0 Å². The highest BCUT2D eigenvalue weighted by Gasteiger charge is 2.23. The third kappa shape index (κ3) is 6.59. The van der Waals surface area contributed by atoms with Gasteiger partial charge in [-0.05, 0) is 29.7 Å². The Morgan fingerprint density at radius 1 is 1.07 bits per heavy atom. The van der Waals surface area contributed by atoms with Crippen molar-refractivity contribution in [2.75, 3.05) is 29.4 Å². The second kappa shape index (κ2) is 9.80. The molecule has 1 N–H and O–H groups in total. The van der Waals surface area contributed by atoms with Crippen LogP contribution in [-0.2, 0) is 14.8 Å². The largest absolute Gasteiger partial charge is 0.354 e. The van der Waals surface area contributed by atoms with Crippen molar-refractivity contribution in [1.29, 1.82) is 0 Å². The topological polar surface area (TPSA) is 66.5 Å². The Morgan fingerprint density at radius 2 is 1.70 bits per heavy atom. The molecule has 0 unspecified atom stereocenters. The quantitative estimate of drug-likeness (QED) is 0.511. The molecule has 0 saturated heterocycles. The molecule has 2 aromatic carbocycles. The van der Waals surface area contributed by atoms with Gasteiger partial charge in [-0.2, -0.15) is 0 Å². The number of nitrogens with zero attached hydrogens (tertiary/aromatic N) is 1. The van der Waals surface area contributed by atoms with E-state index in [4.69, 9.17) is 0 Å². The molecule has 0 saturated carbocycles. The van der Waals surface area contributed by atoms with E-state index in [-0.39, 0.29) is 18.4 Å². The molecule has 146 valence electrons. The van der Waals surface area contributed by atoms with E-state index in [1.165, 1.54) is 4.31 Å². The fourth-order valence-electron chi connectivity index (χ4n) is 2.65. The van der Waals surface area contributed by atoms with Gasteiger partial charge >= 0.3 is 0 Å². The van der Waals surface area contributed by atoms with Crippen LogP contribution in [0.4, 0.5) is 5.69 Å². The first-order chi connectivity index (χ1) is 12.8. The van der Waals surface area contributed by atoms with E-state index in [0.29, 0.717) is 12.2 Å². The number of para-hydroxylation sites is 1.